The zero-order valence-corrected chi connectivity index (χ0v) is 13.7. The van der Waals surface area contributed by atoms with Gasteiger partial charge in [-0.15, -0.1) is 0 Å². The molecule has 124 valence electrons. The summed E-state index contributed by atoms with van der Waals surface area (Å²) in [6.07, 6.45) is 4.23. The second-order valence-corrected chi connectivity index (χ2v) is 5.55. The van der Waals surface area contributed by atoms with Crippen LogP contribution in [0.25, 0.3) is 5.69 Å². The number of hydrogen-bond acceptors (Lipinski definition) is 4. The van der Waals surface area contributed by atoms with Gasteiger partial charge < -0.3 is 19.7 Å². The number of halogens is 1. The third-order valence-corrected chi connectivity index (χ3v) is 3.52. The number of urea groups is 1. The fourth-order valence-electron chi connectivity index (χ4n) is 2.21. The number of hydrogen-bond donors (Lipinski definition) is 2. The topological polar surface area (TPSA) is 85.0 Å². The lowest BCUT2D eigenvalue weighted by Crippen LogP contribution is -2.30. The highest BCUT2D eigenvalue weighted by Gasteiger charge is 2.09. The fourth-order valence-corrected chi connectivity index (χ4v) is 2.38. The van der Waals surface area contributed by atoms with Crippen molar-refractivity contribution in [3.05, 3.63) is 59.5 Å². The van der Waals surface area contributed by atoms with Gasteiger partial charge in [0.25, 0.3) is 0 Å². The van der Waals surface area contributed by atoms with Crippen molar-refractivity contribution in [2.45, 2.75) is 13.3 Å². The fraction of sp³-hybridized carbons (Fsp3) is 0.188. The maximum absolute atomic E-state index is 12.1. The number of amides is 2. The van der Waals surface area contributed by atoms with E-state index in [4.69, 9.17) is 16.1 Å². The Morgan fingerprint density at radius 1 is 1.33 bits per heavy atom. The van der Waals surface area contributed by atoms with Crippen LogP contribution in [0.4, 0.5) is 10.5 Å². The van der Waals surface area contributed by atoms with Crippen LogP contribution in [-0.2, 0) is 6.42 Å². The molecular weight excluding hydrogens is 330 g/mol. The predicted octanol–water partition coefficient (Wildman–Crippen LogP) is 3.19. The molecule has 0 aliphatic rings. The highest BCUT2D eigenvalue weighted by molar-refractivity contribution is 6.30. The molecule has 0 unspecified atom stereocenters. The number of nitrogens with zero attached hydrogens (tertiary/aromatic N) is 3. The Morgan fingerprint density at radius 3 is 2.83 bits per heavy atom. The van der Waals surface area contributed by atoms with Gasteiger partial charge in [-0.3, -0.25) is 0 Å². The molecule has 0 atom stereocenters. The standard InChI is InChI=1S/C16H16ClN5O2/c1-11-19-15(24-21-11)6-7-18-16(23)20-13-5-4-12(17)10-14(13)22-8-2-3-9-22/h2-5,8-10H,6-7H2,1H3,(H2,18,20,23). The predicted molar refractivity (Wildman–Crippen MR) is 90.5 cm³/mol. The molecule has 2 N–H and O–H groups in total. The molecule has 3 aromatic rings. The van der Waals surface area contributed by atoms with Crippen LogP contribution in [0.5, 0.6) is 0 Å². The van der Waals surface area contributed by atoms with Crippen molar-refractivity contribution in [2.24, 2.45) is 0 Å². The van der Waals surface area contributed by atoms with E-state index >= 15 is 0 Å². The quantitative estimate of drug-likeness (QED) is 0.743. The Balaban J connectivity index is 1.62. The van der Waals surface area contributed by atoms with Crippen molar-refractivity contribution >= 4 is 23.3 Å². The van der Waals surface area contributed by atoms with E-state index in [2.05, 4.69) is 20.8 Å². The molecule has 0 aliphatic carbocycles. The molecule has 0 saturated heterocycles. The van der Waals surface area contributed by atoms with Crippen molar-refractivity contribution in [1.29, 1.82) is 0 Å². The van der Waals surface area contributed by atoms with E-state index in [9.17, 15) is 4.79 Å². The first-order valence-corrected chi connectivity index (χ1v) is 7.76. The average Bonchev–Trinajstić information content (AvgIpc) is 3.21. The van der Waals surface area contributed by atoms with Crippen LogP contribution in [-0.4, -0.2) is 27.3 Å². The maximum atomic E-state index is 12.1. The third-order valence-electron chi connectivity index (χ3n) is 3.28. The van der Waals surface area contributed by atoms with Crippen LogP contribution in [0.15, 0.2) is 47.2 Å². The van der Waals surface area contributed by atoms with E-state index in [1.54, 1.807) is 25.1 Å². The summed E-state index contributed by atoms with van der Waals surface area (Å²) in [5, 5.41) is 9.87. The number of benzene rings is 1. The van der Waals surface area contributed by atoms with E-state index in [1.165, 1.54) is 0 Å². The molecule has 3 rings (SSSR count). The van der Waals surface area contributed by atoms with Crippen LogP contribution in [0.3, 0.4) is 0 Å². The molecular formula is C16H16ClN5O2. The number of anilines is 1. The van der Waals surface area contributed by atoms with Gasteiger partial charge in [-0.1, -0.05) is 16.8 Å². The van der Waals surface area contributed by atoms with Crippen molar-refractivity contribution in [2.75, 3.05) is 11.9 Å². The normalized spacial score (nSPS) is 10.6. The minimum atomic E-state index is -0.318. The molecule has 0 bridgehead atoms. The van der Waals surface area contributed by atoms with Crippen LogP contribution in [0, 0.1) is 6.92 Å². The van der Waals surface area contributed by atoms with Gasteiger partial charge in [0.15, 0.2) is 5.82 Å². The molecule has 0 spiro atoms. The molecule has 0 saturated carbocycles. The van der Waals surface area contributed by atoms with E-state index in [1.807, 2.05) is 29.1 Å². The van der Waals surface area contributed by atoms with Crippen LogP contribution in [0.2, 0.25) is 5.02 Å². The van der Waals surface area contributed by atoms with Gasteiger partial charge in [-0.2, -0.15) is 4.98 Å². The number of nitrogens with one attached hydrogen (secondary N) is 2. The van der Waals surface area contributed by atoms with Crippen molar-refractivity contribution in [3.8, 4) is 5.69 Å². The molecule has 1 aromatic carbocycles. The Hall–Kier alpha value is -2.80. The second kappa shape index (κ2) is 7.18. The average molecular weight is 346 g/mol. The van der Waals surface area contributed by atoms with Gasteiger partial charge >= 0.3 is 6.03 Å². The molecule has 7 nitrogen and oxygen atoms in total. The van der Waals surface area contributed by atoms with E-state index in [-0.39, 0.29) is 6.03 Å². The molecule has 0 fully saturated rings. The zero-order chi connectivity index (χ0) is 16.9. The monoisotopic (exact) mass is 345 g/mol. The first-order valence-electron chi connectivity index (χ1n) is 7.39. The number of rotatable bonds is 5. The van der Waals surface area contributed by atoms with Crippen molar-refractivity contribution < 1.29 is 9.32 Å². The molecule has 2 amide bonds. The number of carbonyl (C=O) groups is 1. The molecule has 24 heavy (non-hydrogen) atoms. The lowest BCUT2D eigenvalue weighted by molar-refractivity contribution is 0.252. The van der Waals surface area contributed by atoms with Gasteiger partial charge in [0.1, 0.15) is 0 Å². The summed E-state index contributed by atoms with van der Waals surface area (Å²) in [4.78, 5) is 16.2. The Bertz CT molecular complexity index is 829. The first-order chi connectivity index (χ1) is 11.6. The molecule has 8 heteroatoms. The summed E-state index contributed by atoms with van der Waals surface area (Å²) >= 11 is 6.06. The lowest BCUT2D eigenvalue weighted by Gasteiger charge is -2.13. The Labute approximate surface area is 143 Å². The minimum absolute atomic E-state index is 0.318. The maximum Gasteiger partial charge on any atom is 0.319 e. The van der Waals surface area contributed by atoms with E-state index in [0.29, 0.717) is 35.4 Å². The van der Waals surface area contributed by atoms with Gasteiger partial charge in [-0.05, 0) is 37.3 Å². The van der Waals surface area contributed by atoms with E-state index in [0.717, 1.165) is 5.69 Å². The second-order valence-electron chi connectivity index (χ2n) is 5.12. The van der Waals surface area contributed by atoms with Gasteiger partial charge in [0.2, 0.25) is 5.89 Å². The highest BCUT2D eigenvalue weighted by atomic mass is 35.5. The first kappa shape index (κ1) is 16.1. The van der Waals surface area contributed by atoms with Crippen molar-refractivity contribution in [3.63, 3.8) is 0 Å². The van der Waals surface area contributed by atoms with Gasteiger partial charge in [0.05, 0.1) is 11.4 Å². The molecule has 2 heterocycles. The minimum Gasteiger partial charge on any atom is -0.339 e. The van der Waals surface area contributed by atoms with Crippen LogP contribution in [0.1, 0.15) is 11.7 Å². The summed E-state index contributed by atoms with van der Waals surface area (Å²) in [6, 6.07) is 8.76. The van der Waals surface area contributed by atoms with Crippen molar-refractivity contribution in [1.82, 2.24) is 20.0 Å². The van der Waals surface area contributed by atoms with Gasteiger partial charge in [-0.25, -0.2) is 4.79 Å². The number of carbonyl (C=O) groups excluding carboxylic acids is 1. The van der Waals surface area contributed by atoms with Gasteiger partial charge in [0, 0.05) is 30.4 Å². The number of aromatic nitrogens is 3. The summed E-state index contributed by atoms with van der Waals surface area (Å²) in [5.41, 5.74) is 1.44. The highest BCUT2D eigenvalue weighted by Crippen LogP contribution is 2.24. The Kier molecular flexibility index (Phi) is 4.81. The summed E-state index contributed by atoms with van der Waals surface area (Å²) < 4.78 is 6.87. The largest absolute Gasteiger partial charge is 0.339 e. The lowest BCUT2D eigenvalue weighted by atomic mass is 10.2. The molecule has 2 aromatic heterocycles. The summed E-state index contributed by atoms with van der Waals surface area (Å²) in [5.74, 6) is 1.07. The van der Waals surface area contributed by atoms with E-state index < -0.39 is 0 Å². The molecule has 0 aliphatic heterocycles. The smallest absolute Gasteiger partial charge is 0.319 e. The zero-order valence-electron chi connectivity index (χ0n) is 13.0. The summed E-state index contributed by atoms with van der Waals surface area (Å²) in [6.45, 7) is 2.14. The summed E-state index contributed by atoms with van der Waals surface area (Å²) in [7, 11) is 0. The van der Waals surface area contributed by atoms with Crippen LogP contribution >= 0.6 is 11.6 Å². The number of aryl methyl sites for hydroxylation is 1. The van der Waals surface area contributed by atoms with Crippen LogP contribution < -0.4 is 10.6 Å². The molecule has 0 radical (unpaired) electrons. The third kappa shape index (κ3) is 3.94. The SMILES string of the molecule is Cc1noc(CCNC(=O)Nc2ccc(Cl)cc2-n2cccc2)n1. The Morgan fingerprint density at radius 2 is 2.12 bits per heavy atom.